The maximum Gasteiger partial charge on any atom is 0.227 e. The van der Waals surface area contributed by atoms with Gasteiger partial charge in [-0.15, -0.1) is 0 Å². The molecule has 3 heteroatoms. The SMILES string of the molecule is CN1CCC2(CCCNC2=O)C1. The Labute approximate surface area is 73.1 Å². The predicted molar refractivity (Wildman–Crippen MR) is 46.8 cm³/mol. The molecular weight excluding hydrogens is 152 g/mol. The highest BCUT2D eigenvalue weighted by Crippen LogP contribution is 2.36. The standard InChI is InChI=1S/C9H16N2O/c1-11-6-4-9(7-11)3-2-5-10-8(9)12/h2-7H2,1H3,(H,10,12). The molecule has 2 aliphatic heterocycles. The van der Waals surface area contributed by atoms with Gasteiger partial charge >= 0.3 is 0 Å². The second-order valence-corrected chi connectivity index (χ2v) is 4.13. The summed E-state index contributed by atoms with van der Waals surface area (Å²) in [5.74, 6) is 0.290. The lowest BCUT2D eigenvalue weighted by atomic mass is 9.79. The number of carbonyl (C=O) groups excluding carboxylic acids is 1. The minimum atomic E-state index is -0.0208. The van der Waals surface area contributed by atoms with Crippen LogP contribution in [0.5, 0.6) is 0 Å². The fourth-order valence-corrected chi connectivity index (χ4v) is 2.40. The number of nitrogens with zero attached hydrogens (tertiary/aromatic N) is 1. The number of nitrogens with one attached hydrogen (secondary N) is 1. The highest BCUT2D eigenvalue weighted by molar-refractivity contribution is 5.83. The second kappa shape index (κ2) is 2.73. The van der Waals surface area contributed by atoms with E-state index in [9.17, 15) is 4.79 Å². The fraction of sp³-hybridized carbons (Fsp3) is 0.889. The third-order valence-corrected chi connectivity index (χ3v) is 3.14. The van der Waals surface area contributed by atoms with Crippen LogP contribution in [0.3, 0.4) is 0 Å². The predicted octanol–water partition coefficient (Wildman–Crippen LogP) is 0.218. The number of likely N-dealkylation sites (tertiary alicyclic amines) is 1. The average Bonchev–Trinajstić information content (AvgIpc) is 2.41. The first-order valence-electron chi connectivity index (χ1n) is 4.70. The lowest BCUT2D eigenvalue weighted by Gasteiger charge is -2.31. The number of amides is 1. The van der Waals surface area contributed by atoms with Gasteiger partial charge in [-0.3, -0.25) is 4.79 Å². The van der Waals surface area contributed by atoms with E-state index in [0.717, 1.165) is 38.9 Å². The molecule has 1 atom stereocenters. The second-order valence-electron chi connectivity index (χ2n) is 4.13. The van der Waals surface area contributed by atoms with Crippen molar-refractivity contribution >= 4 is 5.91 Å². The van der Waals surface area contributed by atoms with Gasteiger partial charge in [-0.2, -0.15) is 0 Å². The lowest BCUT2D eigenvalue weighted by Crippen LogP contribution is -2.47. The van der Waals surface area contributed by atoms with Crippen LogP contribution in [0.15, 0.2) is 0 Å². The lowest BCUT2D eigenvalue weighted by molar-refractivity contribution is -0.132. The summed E-state index contributed by atoms with van der Waals surface area (Å²) in [6.07, 6.45) is 3.29. The maximum atomic E-state index is 11.6. The molecule has 3 nitrogen and oxygen atoms in total. The van der Waals surface area contributed by atoms with E-state index in [-0.39, 0.29) is 11.3 Å². The van der Waals surface area contributed by atoms with Crippen LogP contribution in [0.4, 0.5) is 0 Å². The molecular formula is C9H16N2O. The first-order valence-corrected chi connectivity index (χ1v) is 4.70. The van der Waals surface area contributed by atoms with Crippen molar-refractivity contribution in [1.29, 1.82) is 0 Å². The highest BCUT2D eigenvalue weighted by atomic mass is 16.2. The third kappa shape index (κ3) is 1.12. The first-order chi connectivity index (χ1) is 5.73. The smallest absolute Gasteiger partial charge is 0.227 e. The van der Waals surface area contributed by atoms with Crippen molar-refractivity contribution in [3.63, 3.8) is 0 Å². The Morgan fingerprint density at radius 3 is 2.92 bits per heavy atom. The fourth-order valence-electron chi connectivity index (χ4n) is 2.40. The summed E-state index contributed by atoms with van der Waals surface area (Å²) >= 11 is 0. The van der Waals surface area contributed by atoms with E-state index in [2.05, 4.69) is 17.3 Å². The van der Waals surface area contributed by atoms with E-state index >= 15 is 0 Å². The molecule has 0 aromatic rings. The number of piperidine rings is 1. The molecule has 68 valence electrons. The zero-order chi connectivity index (χ0) is 8.60. The van der Waals surface area contributed by atoms with Crippen molar-refractivity contribution in [2.45, 2.75) is 19.3 Å². The summed E-state index contributed by atoms with van der Waals surface area (Å²) in [5.41, 5.74) is -0.0208. The van der Waals surface area contributed by atoms with E-state index in [0.29, 0.717) is 0 Å². The van der Waals surface area contributed by atoms with Gasteiger partial charge in [0.05, 0.1) is 5.41 Å². The molecule has 0 aromatic heterocycles. The molecule has 0 radical (unpaired) electrons. The minimum absolute atomic E-state index is 0.0208. The van der Waals surface area contributed by atoms with Gasteiger partial charge in [-0.1, -0.05) is 0 Å². The van der Waals surface area contributed by atoms with Crippen LogP contribution in [0.25, 0.3) is 0 Å². The Bertz CT molecular complexity index is 201. The van der Waals surface area contributed by atoms with Crippen LogP contribution < -0.4 is 5.32 Å². The van der Waals surface area contributed by atoms with Crippen LogP contribution in [0.2, 0.25) is 0 Å². The monoisotopic (exact) mass is 168 g/mol. The van der Waals surface area contributed by atoms with E-state index in [4.69, 9.17) is 0 Å². The Hall–Kier alpha value is -0.570. The maximum absolute atomic E-state index is 11.6. The molecule has 0 aromatic carbocycles. The molecule has 2 heterocycles. The van der Waals surface area contributed by atoms with E-state index < -0.39 is 0 Å². The molecule has 2 fully saturated rings. The molecule has 1 unspecified atom stereocenters. The van der Waals surface area contributed by atoms with Gasteiger partial charge < -0.3 is 10.2 Å². The zero-order valence-electron chi connectivity index (χ0n) is 7.60. The van der Waals surface area contributed by atoms with Gasteiger partial charge in [0, 0.05) is 13.1 Å². The first kappa shape index (κ1) is 8.05. The number of hydrogen-bond acceptors (Lipinski definition) is 2. The van der Waals surface area contributed by atoms with Crippen molar-refractivity contribution in [3.8, 4) is 0 Å². The highest BCUT2D eigenvalue weighted by Gasteiger charge is 2.44. The van der Waals surface area contributed by atoms with Crippen molar-refractivity contribution in [3.05, 3.63) is 0 Å². The summed E-state index contributed by atoms with van der Waals surface area (Å²) in [7, 11) is 2.09. The molecule has 1 N–H and O–H groups in total. The Balaban J connectivity index is 2.13. The molecule has 12 heavy (non-hydrogen) atoms. The van der Waals surface area contributed by atoms with Crippen LogP contribution >= 0.6 is 0 Å². The van der Waals surface area contributed by atoms with Crippen molar-refractivity contribution in [1.82, 2.24) is 10.2 Å². The Kier molecular flexibility index (Phi) is 1.83. The van der Waals surface area contributed by atoms with Crippen LogP contribution in [0, 0.1) is 5.41 Å². The molecule has 0 aliphatic carbocycles. The molecule has 0 bridgehead atoms. The summed E-state index contributed by atoms with van der Waals surface area (Å²) < 4.78 is 0. The Morgan fingerprint density at radius 1 is 1.50 bits per heavy atom. The van der Waals surface area contributed by atoms with Gasteiger partial charge in [0.2, 0.25) is 5.91 Å². The normalized spacial score (nSPS) is 37.2. The topological polar surface area (TPSA) is 32.3 Å². The summed E-state index contributed by atoms with van der Waals surface area (Å²) in [6.45, 7) is 2.91. The number of hydrogen-bond donors (Lipinski definition) is 1. The molecule has 0 saturated carbocycles. The van der Waals surface area contributed by atoms with E-state index in [1.165, 1.54) is 0 Å². The van der Waals surface area contributed by atoms with Crippen LogP contribution in [0.1, 0.15) is 19.3 Å². The molecule has 1 spiro atoms. The number of rotatable bonds is 0. The van der Waals surface area contributed by atoms with Crippen molar-refractivity contribution in [2.24, 2.45) is 5.41 Å². The van der Waals surface area contributed by atoms with Gasteiger partial charge in [-0.05, 0) is 32.9 Å². The molecule has 2 saturated heterocycles. The Morgan fingerprint density at radius 2 is 2.33 bits per heavy atom. The van der Waals surface area contributed by atoms with Crippen molar-refractivity contribution < 1.29 is 4.79 Å². The van der Waals surface area contributed by atoms with Crippen LogP contribution in [-0.2, 0) is 4.79 Å². The summed E-state index contributed by atoms with van der Waals surface area (Å²) in [5, 5.41) is 2.97. The number of carbonyl (C=O) groups is 1. The van der Waals surface area contributed by atoms with E-state index in [1.807, 2.05) is 0 Å². The van der Waals surface area contributed by atoms with Gasteiger partial charge in [0.15, 0.2) is 0 Å². The zero-order valence-corrected chi connectivity index (χ0v) is 7.60. The molecule has 1 amide bonds. The quantitative estimate of drug-likeness (QED) is 0.561. The minimum Gasteiger partial charge on any atom is -0.356 e. The summed E-state index contributed by atoms with van der Waals surface area (Å²) in [4.78, 5) is 13.9. The third-order valence-electron chi connectivity index (χ3n) is 3.14. The molecule has 2 aliphatic rings. The van der Waals surface area contributed by atoms with Gasteiger partial charge in [0.1, 0.15) is 0 Å². The summed E-state index contributed by atoms with van der Waals surface area (Å²) in [6, 6.07) is 0. The van der Waals surface area contributed by atoms with Crippen molar-refractivity contribution in [2.75, 3.05) is 26.7 Å². The van der Waals surface area contributed by atoms with Crippen LogP contribution in [-0.4, -0.2) is 37.5 Å². The van der Waals surface area contributed by atoms with Gasteiger partial charge in [-0.25, -0.2) is 0 Å². The van der Waals surface area contributed by atoms with E-state index in [1.54, 1.807) is 0 Å². The average molecular weight is 168 g/mol. The molecule has 2 rings (SSSR count). The van der Waals surface area contributed by atoms with Gasteiger partial charge in [0.25, 0.3) is 0 Å². The largest absolute Gasteiger partial charge is 0.356 e.